The number of ketones is 1. The number of Topliss-reactive ketones (excluding diaryl/α,β-unsaturated/α-hetero) is 1. The third-order valence-electron chi connectivity index (χ3n) is 4.79. The van der Waals surface area contributed by atoms with Gasteiger partial charge in [0, 0.05) is 18.4 Å². The molecule has 0 aromatic rings. The standard InChI is InChI=1S/C13H19NO2/c1-2-8-9-4-3-5-12(15)14-10(9)6-7-11(14)13(8)16/h8-11H,2-7H2,1H3/t8-,9-,10+,11-/m1/s1. The second-order valence-electron chi connectivity index (χ2n) is 5.43. The van der Waals surface area contributed by atoms with Gasteiger partial charge in [-0.3, -0.25) is 9.59 Å². The quantitative estimate of drug-likeness (QED) is 0.676. The Morgan fingerprint density at radius 1 is 1.25 bits per heavy atom. The van der Waals surface area contributed by atoms with Crippen LogP contribution in [-0.2, 0) is 9.59 Å². The molecule has 0 N–H and O–H groups in total. The van der Waals surface area contributed by atoms with Crippen LogP contribution in [0.5, 0.6) is 0 Å². The molecule has 16 heavy (non-hydrogen) atoms. The van der Waals surface area contributed by atoms with Crippen molar-refractivity contribution >= 4 is 11.7 Å². The molecule has 3 aliphatic heterocycles. The first-order chi connectivity index (χ1) is 7.74. The molecule has 0 unspecified atom stereocenters. The van der Waals surface area contributed by atoms with E-state index >= 15 is 0 Å². The summed E-state index contributed by atoms with van der Waals surface area (Å²) in [7, 11) is 0. The lowest BCUT2D eigenvalue weighted by molar-refractivity contribution is -0.147. The predicted octanol–water partition coefficient (Wildman–Crippen LogP) is 1.75. The summed E-state index contributed by atoms with van der Waals surface area (Å²) in [5, 5.41) is 0. The summed E-state index contributed by atoms with van der Waals surface area (Å²) in [6.07, 6.45) is 5.65. The molecular formula is C13H19NO2. The van der Waals surface area contributed by atoms with E-state index in [2.05, 4.69) is 6.92 Å². The van der Waals surface area contributed by atoms with Gasteiger partial charge >= 0.3 is 0 Å². The van der Waals surface area contributed by atoms with Crippen molar-refractivity contribution in [3.05, 3.63) is 0 Å². The number of amides is 1. The minimum atomic E-state index is -0.0585. The molecule has 3 aliphatic rings. The first-order valence-corrected chi connectivity index (χ1v) is 6.59. The van der Waals surface area contributed by atoms with Crippen LogP contribution in [0.15, 0.2) is 0 Å². The van der Waals surface area contributed by atoms with Crippen LogP contribution in [-0.4, -0.2) is 28.7 Å². The van der Waals surface area contributed by atoms with E-state index < -0.39 is 0 Å². The summed E-state index contributed by atoms with van der Waals surface area (Å²) >= 11 is 0. The molecule has 4 atom stereocenters. The van der Waals surface area contributed by atoms with Crippen LogP contribution in [0.1, 0.15) is 45.4 Å². The average molecular weight is 221 g/mol. The van der Waals surface area contributed by atoms with Crippen LogP contribution in [0.2, 0.25) is 0 Å². The Hall–Kier alpha value is -0.860. The molecule has 3 heteroatoms. The van der Waals surface area contributed by atoms with E-state index in [1.54, 1.807) is 0 Å². The first-order valence-electron chi connectivity index (χ1n) is 6.59. The van der Waals surface area contributed by atoms with Crippen molar-refractivity contribution in [3.8, 4) is 0 Å². The predicted molar refractivity (Wildman–Crippen MR) is 59.8 cm³/mol. The van der Waals surface area contributed by atoms with Crippen molar-refractivity contribution in [2.75, 3.05) is 0 Å². The highest BCUT2D eigenvalue weighted by molar-refractivity contribution is 5.93. The zero-order valence-corrected chi connectivity index (χ0v) is 9.82. The number of nitrogens with zero attached hydrogens (tertiary/aromatic N) is 1. The largest absolute Gasteiger partial charge is 0.329 e. The Balaban J connectivity index is 2.01. The Bertz CT molecular complexity index is 339. The van der Waals surface area contributed by atoms with Crippen molar-refractivity contribution in [2.24, 2.45) is 11.8 Å². The van der Waals surface area contributed by atoms with Gasteiger partial charge in [0.2, 0.25) is 5.91 Å². The van der Waals surface area contributed by atoms with E-state index in [0.717, 1.165) is 32.1 Å². The van der Waals surface area contributed by atoms with Crippen LogP contribution in [0, 0.1) is 11.8 Å². The summed E-state index contributed by atoms with van der Waals surface area (Å²) in [6, 6.07) is 0.333. The molecule has 0 spiro atoms. The maximum Gasteiger partial charge on any atom is 0.223 e. The van der Waals surface area contributed by atoms with Crippen LogP contribution in [0.25, 0.3) is 0 Å². The minimum Gasteiger partial charge on any atom is -0.329 e. The van der Waals surface area contributed by atoms with Gasteiger partial charge in [0.1, 0.15) is 0 Å². The Morgan fingerprint density at radius 3 is 2.81 bits per heavy atom. The molecule has 1 amide bonds. The van der Waals surface area contributed by atoms with Crippen molar-refractivity contribution in [3.63, 3.8) is 0 Å². The number of rotatable bonds is 1. The minimum absolute atomic E-state index is 0.0585. The second-order valence-corrected chi connectivity index (χ2v) is 5.43. The Labute approximate surface area is 96.2 Å². The molecule has 0 saturated carbocycles. The molecule has 3 heterocycles. The Kier molecular flexibility index (Phi) is 2.30. The van der Waals surface area contributed by atoms with E-state index in [-0.39, 0.29) is 17.9 Å². The lowest BCUT2D eigenvalue weighted by atomic mass is 9.76. The first kappa shape index (κ1) is 10.3. The van der Waals surface area contributed by atoms with Crippen molar-refractivity contribution < 1.29 is 9.59 Å². The third-order valence-corrected chi connectivity index (χ3v) is 4.79. The summed E-state index contributed by atoms with van der Waals surface area (Å²) in [6.45, 7) is 2.12. The van der Waals surface area contributed by atoms with Gasteiger partial charge in [-0.1, -0.05) is 6.92 Å². The summed E-state index contributed by atoms with van der Waals surface area (Å²) < 4.78 is 0. The summed E-state index contributed by atoms with van der Waals surface area (Å²) in [5.41, 5.74) is 0. The van der Waals surface area contributed by atoms with Crippen LogP contribution >= 0.6 is 0 Å². The molecule has 3 nitrogen and oxygen atoms in total. The van der Waals surface area contributed by atoms with Gasteiger partial charge < -0.3 is 4.90 Å². The molecule has 0 aromatic heterocycles. The fourth-order valence-electron chi connectivity index (χ4n) is 4.14. The second kappa shape index (κ2) is 3.57. The van der Waals surface area contributed by atoms with Crippen LogP contribution in [0.3, 0.4) is 0 Å². The van der Waals surface area contributed by atoms with Gasteiger partial charge in [-0.2, -0.15) is 0 Å². The van der Waals surface area contributed by atoms with Crippen LogP contribution < -0.4 is 0 Å². The zero-order chi connectivity index (χ0) is 11.3. The van der Waals surface area contributed by atoms with E-state index in [4.69, 9.17) is 0 Å². The molecule has 0 aromatic carbocycles. The number of carbonyl (C=O) groups is 2. The van der Waals surface area contributed by atoms with Gasteiger partial charge in [-0.15, -0.1) is 0 Å². The van der Waals surface area contributed by atoms with Gasteiger partial charge in [-0.05, 0) is 38.0 Å². The number of hydrogen-bond acceptors (Lipinski definition) is 2. The molecule has 3 rings (SSSR count). The third kappa shape index (κ3) is 1.20. The van der Waals surface area contributed by atoms with Gasteiger partial charge in [-0.25, -0.2) is 0 Å². The maximum atomic E-state index is 12.3. The smallest absolute Gasteiger partial charge is 0.223 e. The monoisotopic (exact) mass is 221 g/mol. The fraction of sp³-hybridized carbons (Fsp3) is 0.846. The van der Waals surface area contributed by atoms with Gasteiger partial charge in [0.05, 0.1) is 6.04 Å². The SMILES string of the molecule is CC[C@H]1C(=O)[C@H]2CC[C@H]3[C@@H]1CCCC(=O)N23. The van der Waals surface area contributed by atoms with E-state index in [1.165, 1.54) is 0 Å². The van der Waals surface area contributed by atoms with Gasteiger partial charge in [0.25, 0.3) is 0 Å². The van der Waals surface area contributed by atoms with Gasteiger partial charge in [0.15, 0.2) is 5.78 Å². The highest BCUT2D eigenvalue weighted by Crippen LogP contribution is 2.45. The van der Waals surface area contributed by atoms with Crippen molar-refractivity contribution in [1.29, 1.82) is 0 Å². The topological polar surface area (TPSA) is 37.4 Å². The van der Waals surface area contributed by atoms with Crippen LogP contribution in [0.4, 0.5) is 0 Å². The highest BCUT2D eigenvalue weighted by atomic mass is 16.2. The van der Waals surface area contributed by atoms with E-state index in [0.29, 0.717) is 24.2 Å². The number of piperidine rings is 1. The maximum absolute atomic E-state index is 12.3. The molecule has 0 radical (unpaired) electrons. The molecule has 88 valence electrons. The lowest BCUT2D eigenvalue weighted by Crippen LogP contribution is -2.55. The highest BCUT2D eigenvalue weighted by Gasteiger charge is 2.53. The van der Waals surface area contributed by atoms with E-state index in [9.17, 15) is 9.59 Å². The molecule has 3 fully saturated rings. The molecule has 4 bridgehead atoms. The summed E-state index contributed by atoms with van der Waals surface area (Å²) in [5.74, 6) is 1.29. The lowest BCUT2D eigenvalue weighted by Gasteiger charge is -2.41. The molecular weight excluding hydrogens is 202 g/mol. The average Bonchev–Trinajstić information content (AvgIpc) is 2.60. The number of hydrogen-bond donors (Lipinski definition) is 0. The fourth-order valence-corrected chi connectivity index (χ4v) is 4.14. The van der Waals surface area contributed by atoms with Crippen molar-refractivity contribution in [1.82, 2.24) is 4.90 Å². The number of carbonyl (C=O) groups excluding carboxylic acids is 2. The van der Waals surface area contributed by atoms with Crippen molar-refractivity contribution in [2.45, 2.75) is 57.5 Å². The summed E-state index contributed by atoms with van der Waals surface area (Å²) in [4.78, 5) is 26.3. The Morgan fingerprint density at radius 2 is 2.06 bits per heavy atom. The zero-order valence-electron chi connectivity index (χ0n) is 9.82. The molecule has 3 saturated heterocycles. The normalized spacial score (nSPS) is 42.4. The molecule has 0 aliphatic carbocycles. The van der Waals surface area contributed by atoms with E-state index in [1.807, 2.05) is 4.90 Å².